The number of ether oxygens (including phenoxy) is 1. The molecular formula is C16H25N3O3. The highest BCUT2D eigenvalue weighted by atomic mass is 16.5. The zero-order valence-corrected chi connectivity index (χ0v) is 13.9. The van der Waals surface area contributed by atoms with Crippen LogP contribution in [0.2, 0.25) is 0 Å². The molecule has 1 aromatic heterocycles. The molecule has 1 spiro atoms. The second-order valence-electron chi connectivity index (χ2n) is 7.40. The fraction of sp³-hybridized carbons (Fsp3) is 0.750. The van der Waals surface area contributed by atoms with Gasteiger partial charge in [0.15, 0.2) is 0 Å². The maximum Gasteiger partial charge on any atom is 0.250 e. The smallest absolute Gasteiger partial charge is 0.250 e. The number of carbonyl (C=O) groups excluding carboxylic acids is 1. The molecule has 22 heavy (non-hydrogen) atoms. The highest BCUT2D eigenvalue weighted by Gasteiger charge is 2.46. The predicted molar refractivity (Wildman–Crippen MR) is 81.2 cm³/mol. The van der Waals surface area contributed by atoms with Gasteiger partial charge < -0.3 is 14.2 Å². The van der Waals surface area contributed by atoms with Crippen molar-refractivity contribution >= 4 is 5.91 Å². The Morgan fingerprint density at radius 1 is 1.32 bits per heavy atom. The third kappa shape index (κ3) is 2.77. The number of hydrogen-bond acceptors (Lipinski definition) is 5. The van der Waals surface area contributed by atoms with Gasteiger partial charge >= 0.3 is 0 Å². The maximum atomic E-state index is 11.7. The quantitative estimate of drug-likeness (QED) is 0.833. The number of aromatic nitrogens is 1. The van der Waals surface area contributed by atoms with Crippen LogP contribution in [0.5, 0.6) is 0 Å². The van der Waals surface area contributed by atoms with Gasteiger partial charge in [-0.1, -0.05) is 25.9 Å². The number of rotatable bonds is 2. The van der Waals surface area contributed by atoms with E-state index in [1.807, 2.05) is 13.1 Å². The van der Waals surface area contributed by atoms with Crippen molar-refractivity contribution in [1.82, 2.24) is 15.0 Å². The monoisotopic (exact) mass is 307 g/mol. The van der Waals surface area contributed by atoms with Gasteiger partial charge in [-0.15, -0.1) is 0 Å². The molecule has 0 saturated carbocycles. The molecule has 0 aromatic carbocycles. The SMILES string of the molecule is CN1C(=O)COC12CCN(Cc1cc(C(C)(C)C)on1)CC2. The van der Waals surface area contributed by atoms with E-state index in [9.17, 15) is 4.79 Å². The number of carbonyl (C=O) groups is 1. The van der Waals surface area contributed by atoms with Crippen molar-refractivity contribution in [1.29, 1.82) is 0 Å². The number of amides is 1. The highest BCUT2D eigenvalue weighted by molar-refractivity contribution is 5.79. The molecule has 2 saturated heterocycles. The largest absolute Gasteiger partial charge is 0.361 e. The van der Waals surface area contributed by atoms with Crippen molar-refractivity contribution in [3.63, 3.8) is 0 Å². The number of piperidine rings is 1. The predicted octanol–water partition coefficient (Wildman–Crippen LogP) is 1.75. The summed E-state index contributed by atoms with van der Waals surface area (Å²) in [4.78, 5) is 15.8. The molecule has 2 fully saturated rings. The summed E-state index contributed by atoms with van der Waals surface area (Å²) >= 11 is 0. The van der Waals surface area contributed by atoms with Crippen molar-refractivity contribution in [2.24, 2.45) is 0 Å². The van der Waals surface area contributed by atoms with Crippen LogP contribution in [-0.4, -0.2) is 53.3 Å². The Balaban J connectivity index is 1.58. The average Bonchev–Trinajstić information content (AvgIpc) is 3.03. The molecule has 2 aliphatic heterocycles. The second-order valence-corrected chi connectivity index (χ2v) is 7.40. The number of nitrogens with zero attached hydrogens (tertiary/aromatic N) is 3. The summed E-state index contributed by atoms with van der Waals surface area (Å²) in [5, 5.41) is 4.18. The van der Waals surface area contributed by atoms with Gasteiger partial charge in [-0.05, 0) is 0 Å². The standard InChI is InChI=1S/C16H25N3O3/c1-15(2,3)13-9-12(17-22-13)10-19-7-5-16(6-8-19)18(4)14(20)11-21-16/h9H,5-8,10-11H2,1-4H3. The Kier molecular flexibility index (Phi) is 3.77. The average molecular weight is 307 g/mol. The van der Waals surface area contributed by atoms with Crippen LogP contribution in [0.3, 0.4) is 0 Å². The van der Waals surface area contributed by atoms with Gasteiger partial charge in [0, 0.05) is 51.0 Å². The van der Waals surface area contributed by atoms with Crippen LogP contribution in [0.4, 0.5) is 0 Å². The summed E-state index contributed by atoms with van der Waals surface area (Å²) in [5.74, 6) is 1.00. The fourth-order valence-corrected chi connectivity index (χ4v) is 3.13. The molecule has 0 aliphatic carbocycles. The van der Waals surface area contributed by atoms with E-state index in [1.165, 1.54) is 0 Å². The Labute approximate surface area is 131 Å². The summed E-state index contributed by atoms with van der Waals surface area (Å²) in [6.45, 7) is 9.15. The summed E-state index contributed by atoms with van der Waals surface area (Å²) in [6, 6.07) is 2.05. The third-order valence-electron chi connectivity index (χ3n) is 4.77. The maximum absolute atomic E-state index is 11.7. The van der Waals surface area contributed by atoms with E-state index >= 15 is 0 Å². The first-order valence-corrected chi connectivity index (χ1v) is 7.89. The molecule has 0 N–H and O–H groups in total. The Morgan fingerprint density at radius 2 is 2.00 bits per heavy atom. The fourth-order valence-electron chi connectivity index (χ4n) is 3.13. The molecule has 2 aliphatic rings. The summed E-state index contributed by atoms with van der Waals surface area (Å²) < 4.78 is 11.2. The van der Waals surface area contributed by atoms with Crippen molar-refractivity contribution in [2.75, 3.05) is 26.7 Å². The van der Waals surface area contributed by atoms with E-state index in [1.54, 1.807) is 4.90 Å². The van der Waals surface area contributed by atoms with Crippen molar-refractivity contribution in [3.05, 3.63) is 17.5 Å². The minimum atomic E-state index is -0.381. The zero-order valence-electron chi connectivity index (χ0n) is 13.9. The van der Waals surface area contributed by atoms with Gasteiger partial charge in [0.25, 0.3) is 5.91 Å². The summed E-state index contributed by atoms with van der Waals surface area (Å²) in [5.41, 5.74) is 0.573. The van der Waals surface area contributed by atoms with Crippen molar-refractivity contribution in [3.8, 4) is 0 Å². The minimum absolute atomic E-state index is 0.0159. The molecule has 122 valence electrons. The summed E-state index contributed by atoms with van der Waals surface area (Å²) in [6.07, 6.45) is 1.69. The lowest BCUT2D eigenvalue weighted by Crippen LogP contribution is -2.52. The van der Waals surface area contributed by atoms with Crippen LogP contribution in [-0.2, 0) is 21.5 Å². The van der Waals surface area contributed by atoms with Gasteiger partial charge in [0.2, 0.25) is 0 Å². The lowest BCUT2D eigenvalue weighted by atomic mass is 9.93. The van der Waals surface area contributed by atoms with Crippen LogP contribution in [0.15, 0.2) is 10.6 Å². The van der Waals surface area contributed by atoms with Crippen LogP contribution < -0.4 is 0 Å². The van der Waals surface area contributed by atoms with Gasteiger partial charge in [-0.25, -0.2) is 0 Å². The van der Waals surface area contributed by atoms with Crippen LogP contribution in [0, 0.1) is 0 Å². The van der Waals surface area contributed by atoms with E-state index in [0.717, 1.165) is 43.9 Å². The molecule has 0 unspecified atom stereocenters. The third-order valence-corrected chi connectivity index (χ3v) is 4.77. The lowest BCUT2D eigenvalue weighted by molar-refractivity contribution is -0.136. The first-order chi connectivity index (χ1) is 10.3. The molecule has 0 atom stereocenters. The highest BCUT2D eigenvalue weighted by Crippen LogP contribution is 2.34. The molecule has 3 heterocycles. The molecule has 6 heteroatoms. The van der Waals surface area contributed by atoms with Gasteiger partial charge in [-0.2, -0.15) is 0 Å². The van der Waals surface area contributed by atoms with E-state index < -0.39 is 0 Å². The van der Waals surface area contributed by atoms with Crippen LogP contribution >= 0.6 is 0 Å². The van der Waals surface area contributed by atoms with Crippen LogP contribution in [0.1, 0.15) is 45.1 Å². The number of likely N-dealkylation sites (tertiary alicyclic amines) is 1. The lowest BCUT2D eigenvalue weighted by Gasteiger charge is -2.41. The van der Waals surface area contributed by atoms with E-state index in [4.69, 9.17) is 9.26 Å². The topological polar surface area (TPSA) is 58.8 Å². The molecule has 6 nitrogen and oxygen atoms in total. The van der Waals surface area contributed by atoms with Gasteiger partial charge in [0.1, 0.15) is 18.1 Å². The van der Waals surface area contributed by atoms with E-state index in [0.29, 0.717) is 0 Å². The molecule has 0 bridgehead atoms. The van der Waals surface area contributed by atoms with Crippen molar-refractivity contribution in [2.45, 2.75) is 51.3 Å². The summed E-state index contributed by atoms with van der Waals surface area (Å²) in [7, 11) is 1.85. The number of hydrogen-bond donors (Lipinski definition) is 0. The number of likely N-dealkylation sites (N-methyl/N-ethyl adjacent to an activating group) is 1. The first kappa shape index (κ1) is 15.5. The van der Waals surface area contributed by atoms with E-state index in [-0.39, 0.29) is 23.7 Å². The van der Waals surface area contributed by atoms with E-state index in [2.05, 4.69) is 30.8 Å². The molecule has 0 radical (unpaired) electrons. The van der Waals surface area contributed by atoms with Crippen molar-refractivity contribution < 1.29 is 14.1 Å². The van der Waals surface area contributed by atoms with Gasteiger partial charge in [-0.3, -0.25) is 9.69 Å². The van der Waals surface area contributed by atoms with Gasteiger partial charge in [0.05, 0.1) is 5.69 Å². The minimum Gasteiger partial charge on any atom is -0.361 e. The zero-order chi connectivity index (χ0) is 16.0. The molecular weight excluding hydrogens is 282 g/mol. The van der Waals surface area contributed by atoms with Crippen LogP contribution in [0.25, 0.3) is 0 Å². The second kappa shape index (κ2) is 5.35. The molecule has 1 aromatic rings. The molecule has 1 amide bonds. The Bertz CT molecular complexity index is 553. The Morgan fingerprint density at radius 3 is 2.50 bits per heavy atom. The Hall–Kier alpha value is -1.40. The normalized spacial score (nSPS) is 22.7. The molecule has 3 rings (SSSR count). The first-order valence-electron chi connectivity index (χ1n) is 7.89.